The van der Waals surface area contributed by atoms with Gasteiger partial charge in [-0.25, -0.2) is 4.79 Å². The first-order valence-corrected chi connectivity index (χ1v) is 7.88. The Morgan fingerprint density at radius 3 is 2.87 bits per heavy atom. The number of benzene rings is 1. The molecule has 2 fully saturated rings. The molecule has 4 N–H and O–H groups in total. The number of hydrogen-bond donors (Lipinski definition) is 3. The summed E-state index contributed by atoms with van der Waals surface area (Å²) in [4.78, 5) is 25.9. The molecule has 7 nitrogen and oxygen atoms in total. The highest BCUT2D eigenvalue weighted by atomic mass is 16.5. The van der Waals surface area contributed by atoms with E-state index in [0.29, 0.717) is 42.6 Å². The van der Waals surface area contributed by atoms with Gasteiger partial charge in [-0.2, -0.15) is 0 Å². The van der Waals surface area contributed by atoms with Crippen molar-refractivity contribution in [2.45, 2.75) is 18.9 Å². The maximum absolute atomic E-state index is 12.5. The number of nitrogens with zero attached hydrogens (tertiary/aromatic N) is 1. The first-order chi connectivity index (χ1) is 11.1. The average Bonchev–Trinajstić information content (AvgIpc) is 3.33. The van der Waals surface area contributed by atoms with Gasteiger partial charge in [0, 0.05) is 31.2 Å². The lowest BCUT2D eigenvalue weighted by Gasteiger charge is -2.20. The summed E-state index contributed by atoms with van der Waals surface area (Å²) in [5, 5.41) is 5.73. The third-order valence-electron chi connectivity index (χ3n) is 4.35. The third kappa shape index (κ3) is 3.24. The second kappa shape index (κ2) is 6.45. The minimum Gasteiger partial charge on any atom is -0.495 e. The lowest BCUT2D eigenvalue weighted by molar-refractivity contribution is 0.0933. The van der Waals surface area contributed by atoms with E-state index in [-0.39, 0.29) is 18.0 Å². The molecular weight excluding hydrogens is 296 g/mol. The normalized spacial score (nSPS) is 18.5. The maximum atomic E-state index is 12.5. The van der Waals surface area contributed by atoms with Crippen LogP contribution in [-0.2, 0) is 0 Å². The molecule has 2 aliphatic rings. The van der Waals surface area contributed by atoms with Crippen LogP contribution in [0.5, 0.6) is 5.75 Å². The summed E-state index contributed by atoms with van der Waals surface area (Å²) >= 11 is 0. The van der Waals surface area contributed by atoms with E-state index >= 15 is 0 Å². The van der Waals surface area contributed by atoms with E-state index in [4.69, 9.17) is 10.5 Å². The second-order valence-electron chi connectivity index (χ2n) is 5.92. The molecule has 1 aliphatic carbocycles. The number of rotatable bonds is 6. The van der Waals surface area contributed by atoms with E-state index in [1.54, 1.807) is 30.2 Å². The average molecular weight is 318 g/mol. The molecule has 1 aromatic carbocycles. The molecule has 0 aromatic heterocycles. The fraction of sp³-hybridized carbons (Fsp3) is 0.500. The molecule has 3 amide bonds. The monoisotopic (exact) mass is 318 g/mol. The van der Waals surface area contributed by atoms with Crippen molar-refractivity contribution in [1.82, 2.24) is 10.6 Å². The van der Waals surface area contributed by atoms with Crippen LogP contribution in [0.25, 0.3) is 0 Å². The molecule has 1 saturated heterocycles. The van der Waals surface area contributed by atoms with E-state index in [9.17, 15) is 9.59 Å². The lowest BCUT2D eigenvalue weighted by atomic mass is 10.1. The topological polar surface area (TPSA) is 96.7 Å². The first kappa shape index (κ1) is 15.6. The smallest absolute Gasteiger partial charge is 0.322 e. The van der Waals surface area contributed by atoms with Crippen LogP contribution in [0.1, 0.15) is 23.2 Å². The number of methoxy groups -OCH3 is 1. The molecule has 124 valence electrons. The molecule has 1 aliphatic heterocycles. The van der Waals surface area contributed by atoms with Gasteiger partial charge in [-0.05, 0) is 37.0 Å². The molecule has 23 heavy (non-hydrogen) atoms. The fourth-order valence-corrected chi connectivity index (χ4v) is 2.86. The summed E-state index contributed by atoms with van der Waals surface area (Å²) < 4.78 is 5.32. The fourth-order valence-electron chi connectivity index (χ4n) is 2.86. The number of amides is 3. The number of hydrogen-bond acceptors (Lipinski definition) is 4. The lowest BCUT2D eigenvalue weighted by Crippen LogP contribution is -2.41. The quantitative estimate of drug-likeness (QED) is 0.719. The zero-order valence-electron chi connectivity index (χ0n) is 13.2. The van der Waals surface area contributed by atoms with Gasteiger partial charge in [0.2, 0.25) is 0 Å². The summed E-state index contributed by atoms with van der Waals surface area (Å²) in [6.45, 7) is 1.57. The van der Waals surface area contributed by atoms with Crippen molar-refractivity contribution in [2.24, 2.45) is 11.7 Å². The molecule has 0 radical (unpaired) electrons. The van der Waals surface area contributed by atoms with Crippen LogP contribution in [-0.4, -0.2) is 44.7 Å². The van der Waals surface area contributed by atoms with Crippen molar-refractivity contribution >= 4 is 17.6 Å². The van der Waals surface area contributed by atoms with Gasteiger partial charge in [0.1, 0.15) is 5.75 Å². The van der Waals surface area contributed by atoms with Gasteiger partial charge in [0.15, 0.2) is 0 Å². The van der Waals surface area contributed by atoms with Gasteiger partial charge in [0.25, 0.3) is 5.91 Å². The van der Waals surface area contributed by atoms with Crippen molar-refractivity contribution in [3.8, 4) is 5.75 Å². The number of carbonyl (C=O) groups excluding carboxylic acids is 2. The largest absolute Gasteiger partial charge is 0.495 e. The molecule has 1 saturated carbocycles. The predicted octanol–water partition coefficient (Wildman–Crippen LogP) is 0.692. The highest BCUT2D eigenvalue weighted by molar-refractivity contribution is 6.00. The molecule has 1 aromatic rings. The zero-order chi connectivity index (χ0) is 16.4. The Hall–Kier alpha value is -2.28. The van der Waals surface area contributed by atoms with Crippen molar-refractivity contribution in [1.29, 1.82) is 0 Å². The number of anilines is 1. The Bertz CT molecular complexity index is 615. The highest BCUT2D eigenvalue weighted by Crippen LogP contribution is 2.33. The van der Waals surface area contributed by atoms with Crippen molar-refractivity contribution in [2.75, 3.05) is 31.6 Å². The Morgan fingerprint density at radius 2 is 2.30 bits per heavy atom. The van der Waals surface area contributed by atoms with E-state index in [0.717, 1.165) is 12.8 Å². The van der Waals surface area contributed by atoms with Crippen LogP contribution in [0.3, 0.4) is 0 Å². The summed E-state index contributed by atoms with van der Waals surface area (Å²) in [5.74, 6) is 0.887. The molecule has 7 heteroatoms. The number of urea groups is 1. The van der Waals surface area contributed by atoms with E-state index < -0.39 is 0 Å². The molecular formula is C16H22N4O3. The number of carbonyl (C=O) groups is 2. The van der Waals surface area contributed by atoms with Crippen molar-refractivity contribution in [3.05, 3.63) is 23.8 Å². The zero-order valence-corrected chi connectivity index (χ0v) is 13.2. The molecule has 3 rings (SSSR count). The van der Waals surface area contributed by atoms with Crippen LogP contribution >= 0.6 is 0 Å². The van der Waals surface area contributed by atoms with Crippen molar-refractivity contribution in [3.63, 3.8) is 0 Å². The van der Waals surface area contributed by atoms with Gasteiger partial charge in [-0.3, -0.25) is 9.69 Å². The minimum absolute atomic E-state index is 0.0168. The van der Waals surface area contributed by atoms with Gasteiger partial charge >= 0.3 is 6.03 Å². The van der Waals surface area contributed by atoms with Crippen LogP contribution in [0.4, 0.5) is 10.5 Å². The van der Waals surface area contributed by atoms with E-state index in [1.165, 1.54) is 0 Å². The molecule has 1 heterocycles. The van der Waals surface area contributed by atoms with E-state index in [1.807, 2.05) is 0 Å². The maximum Gasteiger partial charge on any atom is 0.322 e. The van der Waals surface area contributed by atoms with Crippen LogP contribution in [0.2, 0.25) is 0 Å². The Labute approximate surface area is 135 Å². The van der Waals surface area contributed by atoms with Crippen LogP contribution in [0.15, 0.2) is 18.2 Å². The third-order valence-corrected chi connectivity index (χ3v) is 4.35. The van der Waals surface area contributed by atoms with Gasteiger partial charge in [0.05, 0.1) is 12.8 Å². The summed E-state index contributed by atoms with van der Waals surface area (Å²) in [5.41, 5.74) is 6.84. The molecule has 0 spiro atoms. The van der Waals surface area contributed by atoms with Crippen LogP contribution < -0.4 is 26.0 Å². The molecule has 0 bridgehead atoms. The van der Waals surface area contributed by atoms with Crippen LogP contribution in [0, 0.1) is 5.92 Å². The Kier molecular flexibility index (Phi) is 4.38. The predicted molar refractivity (Wildman–Crippen MR) is 86.8 cm³/mol. The van der Waals surface area contributed by atoms with Gasteiger partial charge in [-0.15, -0.1) is 0 Å². The summed E-state index contributed by atoms with van der Waals surface area (Å²) in [6, 6.07) is 4.94. The Balaban J connectivity index is 1.82. The number of nitrogens with two attached hydrogens (primary N) is 1. The van der Waals surface area contributed by atoms with Crippen molar-refractivity contribution < 1.29 is 14.3 Å². The van der Waals surface area contributed by atoms with E-state index in [2.05, 4.69) is 10.6 Å². The number of nitrogens with one attached hydrogen (secondary N) is 2. The standard InChI is InChI=1S/C16H22N4O3/c1-23-14-5-4-11(8-13(14)20-7-6-18-16(20)22)15(21)19-12(9-17)10-2-3-10/h4-5,8,10,12H,2-3,6-7,9,17H2,1H3,(H,18,22)(H,19,21). The highest BCUT2D eigenvalue weighted by Gasteiger charge is 2.32. The van der Waals surface area contributed by atoms with Gasteiger partial charge < -0.3 is 21.1 Å². The minimum atomic E-state index is -0.182. The summed E-state index contributed by atoms with van der Waals surface area (Å²) in [6.07, 6.45) is 2.23. The van der Waals surface area contributed by atoms with Gasteiger partial charge in [-0.1, -0.05) is 0 Å². The second-order valence-corrected chi connectivity index (χ2v) is 5.92. The number of ether oxygens (including phenoxy) is 1. The SMILES string of the molecule is COc1ccc(C(=O)NC(CN)C2CC2)cc1N1CCNC1=O. The summed E-state index contributed by atoms with van der Waals surface area (Å²) in [7, 11) is 1.55. The Morgan fingerprint density at radius 1 is 1.52 bits per heavy atom. The molecule has 1 unspecified atom stereocenters. The molecule has 1 atom stereocenters. The first-order valence-electron chi connectivity index (χ1n) is 7.88.